The molecule has 1 aromatic carbocycles. The molecular weight excluding hydrogens is 302 g/mol. The lowest BCUT2D eigenvalue weighted by Crippen LogP contribution is -2.44. The van der Waals surface area contributed by atoms with Gasteiger partial charge in [0.05, 0.1) is 12.5 Å². The highest BCUT2D eigenvalue weighted by molar-refractivity contribution is 5.75. The van der Waals surface area contributed by atoms with Gasteiger partial charge in [0.15, 0.2) is 11.6 Å². The zero-order chi connectivity index (χ0) is 16.0. The summed E-state index contributed by atoms with van der Waals surface area (Å²) in [7, 11) is 0. The number of hydrogen-bond donors (Lipinski definition) is 0. The van der Waals surface area contributed by atoms with Crippen molar-refractivity contribution >= 4 is 11.7 Å². The van der Waals surface area contributed by atoms with Crippen LogP contribution in [0.25, 0.3) is 0 Å². The third-order valence-corrected chi connectivity index (χ3v) is 5.46. The van der Waals surface area contributed by atoms with Crippen molar-refractivity contribution < 1.29 is 18.3 Å². The first-order chi connectivity index (χ1) is 11.1. The Morgan fingerprint density at radius 2 is 1.87 bits per heavy atom. The quantitative estimate of drug-likeness (QED) is 0.780. The van der Waals surface area contributed by atoms with Gasteiger partial charge in [-0.15, -0.1) is 0 Å². The van der Waals surface area contributed by atoms with Crippen LogP contribution in [0.15, 0.2) is 18.2 Å². The van der Waals surface area contributed by atoms with Crippen molar-refractivity contribution in [3.63, 3.8) is 0 Å². The highest BCUT2D eigenvalue weighted by atomic mass is 19.2. The number of likely N-dealkylation sites (tertiary alicyclic amines) is 1. The van der Waals surface area contributed by atoms with E-state index in [9.17, 15) is 13.6 Å². The molecule has 0 amide bonds. The van der Waals surface area contributed by atoms with Gasteiger partial charge in [0.25, 0.3) is 0 Å². The van der Waals surface area contributed by atoms with Crippen LogP contribution in [0.2, 0.25) is 0 Å². The van der Waals surface area contributed by atoms with E-state index in [0.717, 1.165) is 44.7 Å². The standard InChI is InChI=1S/C17H20F2N2O2/c18-15-2-1-13(7-16(15)19)20-5-3-12(4-6-20)21-8-11-10-23-17(22)14(11)9-21/h1-2,7,11-12,14H,3-6,8-10H2/t11-,14-/m1/s1. The van der Waals surface area contributed by atoms with Crippen molar-refractivity contribution in [1.82, 2.24) is 4.90 Å². The van der Waals surface area contributed by atoms with Crippen molar-refractivity contribution in [2.75, 3.05) is 37.7 Å². The van der Waals surface area contributed by atoms with E-state index in [4.69, 9.17) is 4.74 Å². The van der Waals surface area contributed by atoms with Gasteiger partial charge in [0.2, 0.25) is 0 Å². The molecular formula is C17H20F2N2O2. The summed E-state index contributed by atoms with van der Waals surface area (Å²) in [4.78, 5) is 16.2. The Kier molecular flexibility index (Phi) is 3.71. The molecule has 0 unspecified atom stereocenters. The predicted molar refractivity (Wildman–Crippen MR) is 81.1 cm³/mol. The summed E-state index contributed by atoms with van der Waals surface area (Å²) in [5, 5.41) is 0. The topological polar surface area (TPSA) is 32.8 Å². The van der Waals surface area contributed by atoms with Crippen LogP contribution in [0.3, 0.4) is 0 Å². The summed E-state index contributed by atoms with van der Waals surface area (Å²) in [6, 6.07) is 4.56. The number of piperidine rings is 1. The van der Waals surface area contributed by atoms with Crippen LogP contribution in [0, 0.1) is 23.5 Å². The van der Waals surface area contributed by atoms with Gasteiger partial charge in [-0.1, -0.05) is 0 Å². The van der Waals surface area contributed by atoms with E-state index >= 15 is 0 Å². The SMILES string of the molecule is O=C1OC[C@H]2CN(C3CCN(c4ccc(F)c(F)c4)CC3)C[C@@H]12. The average molecular weight is 322 g/mol. The molecule has 0 aromatic heterocycles. The summed E-state index contributed by atoms with van der Waals surface area (Å²) in [5.41, 5.74) is 0.740. The molecule has 0 spiro atoms. The molecule has 3 fully saturated rings. The fourth-order valence-corrected chi connectivity index (χ4v) is 4.11. The van der Waals surface area contributed by atoms with Crippen LogP contribution in [0.5, 0.6) is 0 Å². The molecule has 2 atom stereocenters. The van der Waals surface area contributed by atoms with E-state index in [-0.39, 0.29) is 11.9 Å². The lowest BCUT2D eigenvalue weighted by atomic mass is 10.0. The van der Waals surface area contributed by atoms with Crippen molar-refractivity contribution in [2.45, 2.75) is 18.9 Å². The van der Waals surface area contributed by atoms with Crippen LogP contribution in [-0.4, -0.2) is 49.7 Å². The second-order valence-electron chi connectivity index (χ2n) is 6.77. The van der Waals surface area contributed by atoms with Gasteiger partial charge in [-0.25, -0.2) is 8.78 Å². The molecule has 0 radical (unpaired) electrons. The molecule has 6 heteroatoms. The monoisotopic (exact) mass is 322 g/mol. The molecule has 0 bridgehead atoms. The lowest BCUT2D eigenvalue weighted by molar-refractivity contribution is -0.141. The van der Waals surface area contributed by atoms with Crippen LogP contribution in [0.1, 0.15) is 12.8 Å². The second kappa shape index (κ2) is 5.74. The maximum Gasteiger partial charge on any atom is 0.310 e. The molecule has 3 heterocycles. The minimum Gasteiger partial charge on any atom is -0.465 e. The third-order valence-electron chi connectivity index (χ3n) is 5.46. The van der Waals surface area contributed by atoms with Crippen molar-refractivity contribution in [2.24, 2.45) is 11.8 Å². The number of carbonyl (C=O) groups excluding carboxylic acids is 1. The van der Waals surface area contributed by atoms with E-state index in [1.165, 1.54) is 12.1 Å². The van der Waals surface area contributed by atoms with E-state index in [2.05, 4.69) is 9.80 Å². The maximum absolute atomic E-state index is 13.4. The minimum absolute atomic E-state index is 0.0447. The van der Waals surface area contributed by atoms with Crippen LogP contribution in [-0.2, 0) is 9.53 Å². The molecule has 3 aliphatic heterocycles. The average Bonchev–Trinajstić information content (AvgIpc) is 3.13. The highest BCUT2D eigenvalue weighted by Crippen LogP contribution is 2.34. The molecule has 0 aliphatic carbocycles. The Hall–Kier alpha value is -1.69. The minimum atomic E-state index is -0.806. The Labute approximate surface area is 134 Å². The Morgan fingerprint density at radius 3 is 2.57 bits per heavy atom. The number of rotatable bonds is 2. The summed E-state index contributed by atoms with van der Waals surface area (Å²) in [6.07, 6.45) is 1.96. The number of anilines is 1. The van der Waals surface area contributed by atoms with Gasteiger partial charge in [-0.2, -0.15) is 0 Å². The molecule has 4 nitrogen and oxygen atoms in total. The normalized spacial score (nSPS) is 29.0. The first-order valence-electron chi connectivity index (χ1n) is 8.22. The van der Waals surface area contributed by atoms with Gasteiger partial charge in [-0.05, 0) is 25.0 Å². The van der Waals surface area contributed by atoms with Crippen molar-refractivity contribution in [1.29, 1.82) is 0 Å². The number of carbonyl (C=O) groups is 1. The number of cyclic esters (lactones) is 1. The highest BCUT2D eigenvalue weighted by Gasteiger charge is 2.45. The summed E-state index contributed by atoms with van der Waals surface area (Å²) in [5.74, 6) is -1.24. The molecule has 0 N–H and O–H groups in total. The van der Waals surface area contributed by atoms with Crippen molar-refractivity contribution in [3.05, 3.63) is 29.8 Å². The molecule has 124 valence electrons. The maximum atomic E-state index is 13.4. The largest absolute Gasteiger partial charge is 0.465 e. The molecule has 23 heavy (non-hydrogen) atoms. The predicted octanol–water partition coefficient (Wildman–Crippen LogP) is 2.04. The number of nitrogens with zero attached hydrogens (tertiary/aromatic N) is 2. The first kappa shape index (κ1) is 14.9. The summed E-state index contributed by atoms with van der Waals surface area (Å²) >= 11 is 0. The molecule has 3 aliphatic rings. The van der Waals surface area contributed by atoms with Crippen LogP contribution in [0.4, 0.5) is 14.5 Å². The summed E-state index contributed by atoms with van der Waals surface area (Å²) in [6.45, 7) is 3.96. The number of halogens is 2. The number of ether oxygens (including phenoxy) is 1. The smallest absolute Gasteiger partial charge is 0.310 e. The van der Waals surface area contributed by atoms with Gasteiger partial charge in [0.1, 0.15) is 0 Å². The molecule has 0 saturated carbocycles. The third kappa shape index (κ3) is 2.69. The Morgan fingerprint density at radius 1 is 1.09 bits per heavy atom. The van der Waals surface area contributed by atoms with Gasteiger partial charge >= 0.3 is 5.97 Å². The molecule has 1 aromatic rings. The lowest BCUT2D eigenvalue weighted by Gasteiger charge is -2.38. The fraction of sp³-hybridized carbons (Fsp3) is 0.588. The van der Waals surface area contributed by atoms with E-state index in [1.54, 1.807) is 6.07 Å². The number of benzene rings is 1. The van der Waals surface area contributed by atoms with Crippen LogP contribution < -0.4 is 4.90 Å². The zero-order valence-corrected chi connectivity index (χ0v) is 12.9. The first-order valence-corrected chi connectivity index (χ1v) is 8.22. The van der Waals surface area contributed by atoms with Crippen LogP contribution >= 0.6 is 0 Å². The van der Waals surface area contributed by atoms with Gasteiger partial charge in [0, 0.05) is 49.9 Å². The van der Waals surface area contributed by atoms with Crippen molar-refractivity contribution in [3.8, 4) is 0 Å². The Bertz CT molecular complexity index is 617. The zero-order valence-electron chi connectivity index (χ0n) is 12.9. The Balaban J connectivity index is 1.36. The fourth-order valence-electron chi connectivity index (χ4n) is 4.11. The van der Waals surface area contributed by atoms with E-state index in [0.29, 0.717) is 18.6 Å². The number of fused-ring (bicyclic) bond motifs is 1. The molecule has 4 rings (SSSR count). The second-order valence-corrected chi connectivity index (χ2v) is 6.77. The van der Waals surface area contributed by atoms with E-state index < -0.39 is 11.6 Å². The molecule has 3 saturated heterocycles. The van der Waals surface area contributed by atoms with Gasteiger partial charge < -0.3 is 9.64 Å². The van der Waals surface area contributed by atoms with E-state index in [1.807, 2.05) is 0 Å². The number of hydrogen-bond acceptors (Lipinski definition) is 4. The summed E-state index contributed by atoms with van der Waals surface area (Å²) < 4.78 is 31.5. The number of esters is 1. The van der Waals surface area contributed by atoms with Gasteiger partial charge in [-0.3, -0.25) is 9.69 Å².